The van der Waals surface area contributed by atoms with Gasteiger partial charge < -0.3 is 14.8 Å². The third-order valence-corrected chi connectivity index (χ3v) is 6.31. The number of aromatic nitrogens is 1. The van der Waals surface area contributed by atoms with E-state index in [2.05, 4.69) is 10.2 Å². The minimum absolute atomic E-state index is 0.114. The highest BCUT2D eigenvalue weighted by molar-refractivity contribution is 5.93. The highest BCUT2D eigenvalue weighted by atomic mass is 19.4. The number of anilines is 1. The number of nitrogens with zero attached hydrogens (tertiary/aromatic N) is 3. The van der Waals surface area contributed by atoms with E-state index in [-0.39, 0.29) is 11.1 Å². The van der Waals surface area contributed by atoms with Crippen LogP contribution in [0, 0.1) is 0 Å². The molecule has 1 fully saturated rings. The van der Waals surface area contributed by atoms with Gasteiger partial charge in [0.2, 0.25) is 0 Å². The zero-order valence-electron chi connectivity index (χ0n) is 19.9. The molecule has 190 valence electrons. The van der Waals surface area contributed by atoms with Crippen molar-refractivity contribution in [2.45, 2.75) is 19.1 Å². The SMILES string of the molecule is O=C(NCCCN1CCN(c2cccc(C(F)(F)F)c2)CC1)c1cccn(Cc2ccccc2)c1=O. The zero-order valence-corrected chi connectivity index (χ0v) is 19.9. The van der Waals surface area contributed by atoms with Crippen LogP contribution >= 0.6 is 0 Å². The molecule has 0 unspecified atom stereocenters. The third-order valence-electron chi connectivity index (χ3n) is 6.31. The smallest absolute Gasteiger partial charge is 0.369 e. The first-order valence-corrected chi connectivity index (χ1v) is 12.0. The average molecular weight is 499 g/mol. The molecule has 6 nitrogen and oxygen atoms in total. The zero-order chi connectivity index (χ0) is 25.5. The van der Waals surface area contributed by atoms with Gasteiger partial charge in [-0.1, -0.05) is 36.4 Å². The fourth-order valence-electron chi connectivity index (χ4n) is 4.32. The normalized spacial score (nSPS) is 14.6. The second-order valence-electron chi connectivity index (χ2n) is 8.83. The van der Waals surface area contributed by atoms with Crippen LogP contribution in [0.2, 0.25) is 0 Å². The van der Waals surface area contributed by atoms with Gasteiger partial charge in [0.1, 0.15) is 5.56 Å². The Morgan fingerprint density at radius 2 is 1.67 bits per heavy atom. The van der Waals surface area contributed by atoms with E-state index < -0.39 is 17.6 Å². The topological polar surface area (TPSA) is 57.6 Å². The lowest BCUT2D eigenvalue weighted by Crippen LogP contribution is -2.47. The van der Waals surface area contributed by atoms with Gasteiger partial charge in [0.15, 0.2) is 0 Å². The number of amides is 1. The first kappa shape index (κ1) is 25.5. The van der Waals surface area contributed by atoms with Gasteiger partial charge in [-0.15, -0.1) is 0 Å². The van der Waals surface area contributed by atoms with Crippen molar-refractivity contribution in [2.24, 2.45) is 0 Å². The lowest BCUT2D eigenvalue weighted by atomic mass is 10.1. The Morgan fingerprint density at radius 1 is 0.917 bits per heavy atom. The van der Waals surface area contributed by atoms with Gasteiger partial charge in [0.05, 0.1) is 12.1 Å². The van der Waals surface area contributed by atoms with Crippen molar-refractivity contribution in [1.82, 2.24) is 14.8 Å². The van der Waals surface area contributed by atoms with E-state index >= 15 is 0 Å². The number of hydrogen-bond donors (Lipinski definition) is 1. The Hall–Kier alpha value is -3.59. The van der Waals surface area contributed by atoms with E-state index in [1.54, 1.807) is 18.3 Å². The summed E-state index contributed by atoms with van der Waals surface area (Å²) in [6, 6.07) is 18.2. The molecule has 1 aliphatic heterocycles. The van der Waals surface area contributed by atoms with Crippen LogP contribution in [0.1, 0.15) is 27.9 Å². The molecule has 1 amide bonds. The molecular formula is C27H29F3N4O2. The Bertz CT molecular complexity index is 1220. The first-order chi connectivity index (χ1) is 17.3. The van der Waals surface area contributed by atoms with Crippen molar-refractivity contribution >= 4 is 11.6 Å². The maximum Gasteiger partial charge on any atom is 0.416 e. The number of alkyl halides is 3. The largest absolute Gasteiger partial charge is 0.416 e. The van der Waals surface area contributed by atoms with Crippen molar-refractivity contribution in [3.8, 4) is 0 Å². The molecule has 3 aromatic rings. The van der Waals surface area contributed by atoms with E-state index in [4.69, 9.17) is 0 Å². The van der Waals surface area contributed by atoms with Crippen LogP contribution in [0.4, 0.5) is 18.9 Å². The van der Waals surface area contributed by atoms with Crippen molar-refractivity contribution in [1.29, 1.82) is 0 Å². The molecule has 1 aliphatic rings. The number of piperazine rings is 1. The molecule has 1 N–H and O–H groups in total. The van der Waals surface area contributed by atoms with E-state index in [0.29, 0.717) is 38.3 Å². The summed E-state index contributed by atoms with van der Waals surface area (Å²) in [5.41, 5.74) is 0.707. The lowest BCUT2D eigenvalue weighted by Gasteiger charge is -2.36. The molecule has 9 heteroatoms. The number of carbonyl (C=O) groups excluding carboxylic acids is 1. The van der Waals surface area contributed by atoms with Crippen LogP contribution in [0.25, 0.3) is 0 Å². The van der Waals surface area contributed by atoms with Gasteiger partial charge in [-0.25, -0.2) is 0 Å². The number of halogens is 3. The van der Waals surface area contributed by atoms with Crippen LogP contribution in [0.3, 0.4) is 0 Å². The molecule has 0 saturated carbocycles. The van der Waals surface area contributed by atoms with Gasteiger partial charge in [-0.2, -0.15) is 13.2 Å². The summed E-state index contributed by atoms with van der Waals surface area (Å²) >= 11 is 0. The molecule has 0 aliphatic carbocycles. The summed E-state index contributed by atoms with van der Waals surface area (Å²) in [5, 5.41) is 2.83. The molecule has 0 atom stereocenters. The predicted octanol–water partition coefficient (Wildman–Crippen LogP) is 3.86. The summed E-state index contributed by atoms with van der Waals surface area (Å²) in [4.78, 5) is 29.5. The molecule has 2 aromatic carbocycles. The minimum Gasteiger partial charge on any atom is -0.369 e. The number of rotatable bonds is 8. The third kappa shape index (κ3) is 6.54. The number of pyridine rings is 1. The van der Waals surface area contributed by atoms with E-state index in [0.717, 1.165) is 31.3 Å². The number of hydrogen-bond acceptors (Lipinski definition) is 4. The van der Waals surface area contributed by atoms with E-state index in [9.17, 15) is 22.8 Å². The molecule has 36 heavy (non-hydrogen) atoms. The molecule has 0 spiro atoms. The Balaban J connectivity index is 1.22. The maximum atomic E-state index is 13.0. The fourth-order valence-corrected chi connectivity index (χ4v) is 4.32. The Kier molecular flexibility index (Phi) is 8.10. The van der Waals surface area contributed by atoms with Crippen molar-refractivity contribution in [3.63, 3.8) is 0 Å². The van der Waals surface area contributed by atoms with Crippen LogP contribution in [-0.2, 0) is 12.7 Å². The molecule has 1 saturated heterocycles. The highest BCUT2D eigenvalue weighted by Crippen LogP contribution is 2.31. The average Bonchev–Trinajstić information content (AvgIpc) is 2.88. The monoisotopic (exact) mass is 498 g/mol. The fraction of sp³-hybridized carbons (Fsp3) is 0.333. The van der Waals surface area contributed by atoms with Gasteiger partial charge in [-0.05, 0) is 48.9 Å². The van der Waals surface area contributed by atoms with Crippen molar-refractivity contribution < 1.29 is 18.0 Å². The number of benzene rings is 2. The van der Waals surface area contributed by atoms with Gasteiger partial charge in [-0.3, -0.25) is 14.5 Å². The first-order valence-electron chi connectivity index (χ1n) is 12.0. The van der Waals surface area contributed by atoms with Gasteiger partial charge >= 0.3 is 6.18 Å². The summed E-state index contributed by atoms with van der Waals surface area (Å²) in [6.07, 6.45) is -1.97. The van der Waals surface area contributed by atoms with Crippen LogP contribution in [-0.4, -0.2) is 54.6 Å². The maximum absolute atomic E-state index is 13.0. The van der Waals surface area contributed by atoms with E-state index in [1.165, 1.54) is 22.8 Å². The number of nitrogens with one attached hydrogen (secondary N) is 1. The van der Waals surface area contributed by atoms with Crippen molar-refractivity contribution in [2.75, 3.05) is 44.2 Å². The molecule has 4 rings (SSSR count). The second kappa shape index (κ2) is 11.4. The highest BCUT2D eigenvalue weighted by Gasteiger charge is 2.31. The van der Waals surface area contributed by atoms with Gasteiger partial charge in [0.25, 0.3) is 11.5 Å². The summed E-state index contributed by atoms with van der Waals surface area (Å²) < 4.78 is 40.5. The van der Waals surface area contributed by atoms with Crippen LogP contribution in [0.5, 0.6) is 0 Å². The van der Waals surface area contributed by atoms with Crippen molar-refractivity contribution in [3.05, 3.63) is 100.0 Å². The minimum atomic E-state index is -4.35. The summed E-state index contributed by atoms with van der Waals surface area (Å²) in [6.45, 7) is 4.31. The van der Waals surface area contributed by atoms with Crippen LogP contribution < -0.4 is 15.8 Å². The van der Waals surface area contributed by atoms with Gasteiger partial charge in [0, 0.05) is 44.6 Å². The Labute approximate surface area is 208 Å². The summed E-state index contributed by atoms with van der Waals surface area (Å²) in [5.74, 6) is -0.392. The molecular weight excluding hydrogens is 469 g/mol. The standard InChI is InChI=1S/C27H29F3N4O2/c28-27(29,30)22-9-4-10-23(19-22)33-17-15-32(16-18-33)13-6-12-31-25(35)24-11-5-14-34(26(24)36)20-21-7-2-1-3-8-21/h1-5,7-11,14,19H,6,12-13,15-18,20H2,(H,31,35). The van der Waals surface area contributed by atoms with E-state index in [1.807, 2.05) is 35.2 Å². The second-order valence-corrected chi connectivity index (χ2v) is 8.83. The molecule has 0 radical (unpaired) electrons. The van der Waals surface area contributed by atoms with Crippen LogP contribution in [0.15, 0.2) is 77.7 Å². The molecule has 1 aromatic heterocycles. The quantitative estimate of drug-likeness (QED) is 0.480. The molecule has 2 heterocycles. The molecule has 0 bridgehead atoms. The summed E-state index contributed by atoms with van der Waals surface area (Å²) in [7, 11) is 0. The lowest BCUT2D eigenvalue weighted by molar-refractivity contribution is -0.137. The predicted molar refractivity (Wildman–Crippen MR) is 133 cm³/mol. The number of carbonyl (C=O) groups is 1. The Morgan fingerprint density at radius 3 is 2.39 bits per heavy atom.